The second-order valence-corrected chi connectivity index (χ2v) is 4.19. The number of rotatable bonds is 3. The largest absolute Gasteiger partial charge is 0.461 e. The molecule has 5 nitrogen and oxygen atoms in total. The molecule has 0 radical (unpaired) electrons. The molecule has 0 fully saturated rings. The van der Waals surface area contributed by atoms with E-state index in [1.807, 2.05) is 0 Å². The third-order valence-corrected chi connectivity index (χ3v) is 2.88. The van der Waals surface area contributed by atoms with Crippen molar-refractivity contribution >= 4 is 21.9 Å². The molecule has 18 heavy (non-hydrogen) atoms. The lowest BCUT2D eigenvalue weighted by Gasteiger charge is -2.04. The zero-order valence-electron chi connectivity index (χ0n) is 9.41. The summed E-state index contributed by atoms with van der Waals surface area (Å²) in [4.78, 5) is 11.6. The maximum atomic E-state index is 13.8. The lowest BCUT2D eigenvalue weighted by molar-refractivity contribution is 0.0520. The Kier molecular flexibility index (Phi) is 3.71. The molecule has 0 spiro atoms. The van der Waals surface area contributed by atoms with Gasteiger partial charge in [0.2, 0.25) is 0 Å². The minimum atomic E-state index is -0.642. The highest BCUT2D eigenvalue weighted by atomic mass is 79.9. The molecule has 0 amide bonds. The van der Waals surface area contributed by atoms with Gasteiger partial charge in [0, 0.05) is 4.47 Å². The van der Waals surface area contributed by atoms with Crippen molar-refractivity contribution in [2.75, 3.05) is 6.61 Å². The molecule has 0 aliphatic carbocycles. The number of nitrogens with zero attached hydrogens (tertiary/aromatic N) is 2. The van der Waals surface area contributed by atoms with Crippen LogP contribution in [0.3, 0.4) is 0 Å². The zero-order valence-corrected chi connectivity index (χ0v) is 11.0. The predicted octanol–water partition coefficient (Wildman–Crippen LogP) is 2.55. The first-order valence-electron chi connectivity index (χ1n) is 5.17. The van der Waals surface area contributed by atoms with E-state index < -0.39 is 11.8 Å². The van der Waals surface area contributed by atoms with Gasteiger partial charge in [-0.25, -0.2) is 9.18 Å². The second-order valence-electron chi connectivity index (χ2n) is 3.34. The normalized spacial score (nSPS) is 10.4. The van der Waals surface area contributed by atoms with E-state index in [1.54, 1.807) is 19.1 Å². The molecular formula is C11H9BrFN3O2. The Morgan fingerprint density at radius 2 is 2.28 bits per heavy atom. The van der Waals surface area contributed by atoms with Gasteiger partial charge < -0.3 is 4.74 Å². The summed E-state index contributed by atoms with van der Waals surface area (Å²) in [5, 5.41) is 9.80. The van der Waals surface area contributed by atoms with Gasteiger partial charge >= 0.3 is 5.97 Å². The molecule has 0 aliphatic rings. The topological polar surface area (TPSA) is 67.9 Å². The van der Waals surface area contributed by atoms with E-state index in [1.165, 1.54) is 6.07 Å². The molecule has 0 atom stereocenters. The highest BCUT2D eigenvalue weighted by Gasteiger charge is 2.22. The van der Waals surface area contributed by atoms with E-state index in [0.29, 0.717) is 4.47 Å². The molecule has 0 bridgehead atoms. The Morgan fingerprint density at radius 3 is 2.94 bits per heavy atom. The van der Waals surface area contributed by atoms with Gasteiger partial charge in [-0.15, -0.1) is 5.10 Å². The van der Waals surface area contributed by atoms with Gasteiger partial charge in [0.05, 0.1) is 12.2 Å². The van der Waals surface area contributed by atoms with E-state index in [0.717, 1.165) is 0 Å². The van der Waals surface area contributed by atoms with Crippen molar-refractivity contribution in [3.8, 4) is 11.3 Å². The number of halogens is 2. The van der Waals surface area contributed by atoms with Crippen LogP contribution in [-0.2, 0) is 4.74 Å². The minimum Gasteiger partial charge on any atom is -0.461 e. The van der Waals surface area contributed by atoms with Crippen LogP contribution >= 0.6 is 15.9 Å². The van der Waals surface area contributed by atoms with Gasteiger partial charge in [-0.1, -0.05) is 6.07 Å². The molecule has 7 heteroatoms. The molecule has 2 aromatic rings. The fourth-order valence-electron chi connectivity index (χ4n) is 1.47. The number of aromatic nitrogens is 3. The Labute approximate surface area is 110 Å². The smallest absolute Gasteiger partial charge is 0.361 e. The Morgan fingerprint density at radius 1 is 1.50 bits per heavy atom. The number of ether oxygens (including phenoxy) is 1. The highest BCUT2D eigenvalue weighted by molar-refractivity contribution is 9.10. The fourth-order valence-corrected chi connectivity index (χ4v) is 2.00. The third-order valence-electron chi connectivity index (χ3n) is 2.22. The van der Waals surface area contributed by atoms with E-state index >= 15 is 0 Å². The Hall–Kier alpha value is -1.76. The number of benzene rings is 1. The van der Waals surface area contributed by atoms with Crippen molar-refractivity contribution in [2.45, 2.75) is 6.92 Å². The van der Waals surface area contributed by atoms with E-state index in [2.05, 4.69) is 31.3 Å². The molecule has 0 unspecified atom stereocenters. The summed E-state index contributed by atoms with van der Waals surface area (Å²) in [5.74, 6) is -1.14. The fraction of sp³-hybridized carbons (Fsp3) is 0.182. The van der Waals surface area contributed by atoms with Gasteiger partial charge in [-0.05, 0) is 35.0 Å². The SMILES string of the molecule is CCOC(=O)c1n[nH]nc1-c1c(F)cccc1Br. The van der Waals surface area contributed by atoms with Gasteiger partial charge in [-0.3, -0.25) is 0 Å². The maximum absolute atomic E-state index is 13.8. The first-order chi connectivity index (χ1) is 8.65. The number of carbonyl (C=O) groups excluding carboxylic acids is 1. The summed E-state index contributed by atoms with van der Waals surface area (Å²) in [7, 11) is 0. The number of aromatic amines is 1. The summed E-state index contributed by atoms with van der Waals surface area (Å²) in [6, 6.07) is 4.48. The van der Waals surface area contributed by atoms with E-state index in [9.17, 15) is 9.18 Å². The van der Waals surface area contributed by atoms with Crippen molar-refractivity contribution < 1.29 is 13.9 Å². The van der Waals surface area contributed by atoms with Crippen molar-refractivity contribution in [1.29, 1.82) is 0 Å². The number of hydrogen-bond acceptors (Lipinski definition) is 4. The van der Waals surface area contributed by atoms with Crippen LogP contribution in [0.4, 0.5) is 4.39 Å². The number of hydrogen-bond donors (Lipinski definition) is 1. The van der Waals surface area contributed by atoms with Gasteiger partial charge in [0.1, 0.15) is 11.5 Å². The monoisotopic (exact) mass is 313 g/mol. The van der Waals surface area contributed by atoms with Gasteiger partial charge in [-0.2, -0.15) is 10.3 Å². The van der Waals surface area contributed by atoms with E-state index in [4.69, 9.17) is 4.74 Å². The zero-order chi connectivity index (χ0) is 13.1. The number of nitrogens with one attached hydrogen (secondary N) is 1. The molecule has 2 rings (SSSR count). The average molecular weight is 314 g/mol. The standard InChI is InChI=1S/C11H9BrFN3O2/c1-2-18-11(17)10-9(14-16-15-10)8-6(12)4-3-5-7(8)13/h3-5H,2H2,1H3,(H,14,15,16). The predicted molar refractivity (Wildman–Crippen MR) is 65.4 cm³/mol. The minimum absolute atomic E-state index is 0.0392. The van der Waals surface area contributed by atoms with Crippen LogP contribution in [0.1, 0.15) is 17.4 Å². The first-order valence-corrected chi connectivity index (χ1v) is 5.96. The Balaban J connectivity index is 2.52. The molecular weight excluding hydrogens is 305 g/mol. The third kappa shape index (κ3) is 2.26. The van der Waals surface area contributed by atoms with Crippen molar-refractivity contribution in [1.82, 2.24) is 15.4 Å². The number of esters is 1. The molecule has 1 heterocycles. The second kappa shape index (κ2) is 5.26. The first kappa shape index (κ1) is 12.7. The van der Waals surface area contributed by atoms with Crippen LogP contribution in [-0.4, -0.2) is 28.0 Å². The molecule has 1 N–H and O–H groups in total. The lowest BCUT2D eigenvalue weighted by atomic mass is 10.1. The van der Waals surface area contributed by atoms with Crippen molar-refractivity contribution in [2.24, 2.45) is 0 Å². The van der Waals surface area contributed by atoms with Crippen LogP contribution in [0.25, 0.3) is 11.3 Å². The molecule has 0 saturated heterocycles. The van der Waals surface area contributed by atoms with Crippen LogP contribution in [0, 0.1) is 5.82 Å². The van der Waals surface area contributed by atoms with E-state index in [-0.39, 0.29) is 23.6 Å². The van der Waals surface area contributed by atoms with Crippen LogP contribution in [0.2, 0.25) is 0 Å². The van der Waals surface area contributed by atoms with Crippen molar-refractivity contribution in [3.63, 3.8) is 0 Å². The van der Waals surface area contributed by atoms with Gasteiger partial charge in [0.25, 0.3) is 0 Å². The summed E-state index contributed by atoms with van der Waals surface area (Å²) in [5.41, 5.74) is 0.260. The molecule has 94 valence electrons. The molecule has 1 aromatic heterocycles. The van der Waals surface area contributed by atoms with Crippen LogP contribution in [0.15, 0.2) is 22.7 Å². The molecule has 0 aliphatic heterocycles. The molecule has 0 saturated carbocycles. The van der Waals surface area contributed by atoms with Gasteiger partial charge in [0.15, 0.2) is 5.69 Å². The average Bonchev–Trinajstić information content (AvgIpc) is 2.78. The summed E-state index contributed by atoms with van der Waals surface area (Å²) < 4.78 is 19.1. The van der Waals surface area contributed by atoms with Crippen LogP contribution in [0.5, 0.6) is 0 Å². The summed E-state index contributed by atoms with van der Waals surface area (Å²) in [6.07, 6.45) is 0. The lowest BCUT2D eigenvalue weighted by Crippen LogP contribution is -2.07. The van der Waals surface area contributed by atoms with Crippen LogP contribution < -0.4 is 0 Å². The number of carbonyl (C=O) groups is 1. The molecule has 1 aromatic carbocycles. The Bertz CT molecular complexity index is 565. The number of H-pyrrole nitrogens is 1. The summed E-state index contributed by atoms with van der Waals surface area (Å²) in [6.45, 7) is 1.89. The highest BCUT2D eigenvalue weighted by Crippen LogP contribution is 2.31. The van der Waals surface area contributed by atoms with Crippen molar-refractivity contribution in [3.05, 3.63) is 34.2 Å². The summed E-state index contributed by atoms with van der Waals surface area (Å²) >= 11 is 3.22. The maximum Gasteiger partial charge on any atom is 0.361 e. The quantitative estimate of drug-likeness (QED) is 0.884.